The maximum Gasteiger partial charge on any atom is 0.321 e. The summed E-state index contributed by atoms with van der Waals surface area (Å²) < 4.78 is 5.41. The fourth-order valence-corrected chi connectivity index (χ4v) is 3.92. The smallest absolute Gasteiger partial charge is 0.321 e. The van der Waals surface area contributed by atoms with Crippen LogP contribution in [0.2, 0.25) is 0 Å². The summed E-state index contributed by atoms with van der Waals surface area (Å²) in [7, 11) is 0. The molecule has 1 saturated heterocycles. The van der Waals surface area contributed by atoms with Crippen molar-refractivity contribution in [2.75, 3.05) is 57.0 Å². The Kier molecular flexibility index (Phi) is 10.9. The van der Waals surface area contributed by atoms with Crippen molar-refractivity contribution in [3.8, 4) is 0 Å². The van der Waals surface area contributed by atoms with Gasteiger partial charge in [-0.1, -0.05) is 38.3 Å². The predicted molar refractivity (Wildman–Crippen MR) is 118 cm³/mol. The SMILES string of the molecule is CCCCCCN(CCN1CCOCC1)C(=O)Nc1ccccc1SCC(N)=O. The first kappa shape index (κ1) is 23.5. The van der Waals surface area contributed by atoms with Crippen LogP contribution in [0.1, 0.15) is 32.6 Å². The summed E-state index contributed by atoms with van der Waals surface area (Å²) in [4.78, 5) is 29.2. The molecule has 0 spiro atoms. The zero-order chi connectivity index (χ0) is 20.9. The molecule has 3 N–H and O–H groups in total. The van der Waals surface area contributed by atoms with E-state index < -0.39 is 0 Å². The number of nitrogens with zero attached hydrogens (tertiary/aromatic N) is 2. The average molecular weight is 423 g/mol. The van der Waals surface area contributed by atoms with Crippen LogP contribution >= 0.6 is 11.8 Å². The van der Waals surface area contributed by atoms with Crippen LogP contribution in [0, 0.1) is 0 Å². The molecular weight excluding hydrogens is 388 g/mol. The minimum absolute atomic E-state index is 0.0955. The molecule has 0 radical (unpaired) electrons. The van der Waals surface area contributed by atoms with Gasteiger partial charge in [-0.2, -0.15) is 0 Å². The quantitative estimate of drug-likeness (QED) is 0.399. The summed E-state index contributed by atoms with van der Waals surface area (Å²) in [6, 6.07) is 7.42. The molecule has 1 aromatic carbocycles. The number of rotatable bonds is 12. The lowest BCUT2D eigenvalue weighted by Crippen LogP contribution is -2.44. The lowest BCUT2D eigenvalue weighted by molar-refractivity contribution is -0.115. The number of hydrogen-bond acceptors (Lipinski definition) is 5. The Morgan fingerprint density at radius 2 is 1.93 bits per heavy atom. The molecular formula is C21H34N4O3S. The third-order valence-corrected chi connectivity index (χ3v) is 5.95. The van der Waals surface area contributed by atoms with Crippen LogP contribution < -0.4 is 11.1 Å². The molecule has 1 heterocycles. The largest absolute Gasteiger partial charge is 0.379 e. The Morgan fingerprint density at radius 1 is 1.17 bits per heavy atom. The van der Waals surface area contributed by atoms with Crippen molar-refractivity contribution < 1.29 is 14.3 Å². The van der Waals surface area contributed by atoms with E-state index in [4.69, 9.17) is 10.5 Å². The van der Waals surface area contributed by atoms with Crippen LogP contribution in [-0.2, 0) is 9.53 Å². The van der Waals surface area contributed by atoms with E-state index in [1.54, 1.807) is 0 Å². The average Bonchev–Trinajstić information content (AvgIpc) is 2.73. The highest BCUT2D eigenvalue weighted by Gasteiger charge is 2.18. The zero-order valence-corrected chi connectivity index (χ0v) is 18.2. The second kappa shape index (κ2) is 13.5. The number of unbranched alkanes of at least 4 members (excludes halogenated alkanes) is 3. The summed E-state index contributed by atoms with van der Waals surface area (Å²) in [6.07, 6.45) is 4.49. The van der Waals surface area contributed by atoms with Crippen molar-refractivity contribution in [3.05, 3.63) is 24.3 Å². The van der Waals surface area contributed by atoms with Crippen molar-refractivity contribution in [1.29, 1.82) is 0 Å². The van der Waals surface area contributed by atoms with Crippen LogP contribution in [0.3, 0.4) is 0 Å². The second-order valence-corrected chi connectivity index (χ2v) is 8.20. The molecule has 0 unspecified atom stereocenters. The number of primary amides is 1. The number of morpholine rings is 1. The standard InChI is InChI=1S/C21H34N4O3S/c1-2-3-4-7-10-25(12-11-24-13-15-28-16-14-24)21(27)23-18-8-5-6-9-19(18)29-17-20(22)26/h5-6,8-9H,2-4,7,10-17H2,1H3,(H2,22,26)(H,23,27). The molecule has 0 bridgehead atoms. The fraction of sp³-hybridized carbons (Fsp3) is 0.619. The summed E-state index contributed by atoms with van der Waals surface area (Å²) >= 11 is 1.34. The van der Waals surface area contributed by atoms with Crippen LogP contribution in [0.25, 0.3) is 0 Å². The number of urea groups is 1. The number of carbonyl (C=O) groups excluding carboxylic acids is 2. The Bertz CT molecular complexity index is 638. The number of nitrogens with two attached hydrogens (primary N) is 1. The number of para-hydroxylation sites is 1. The number of thioether (sulfide) groups is 1. The van der Waals surface area contributed by atoms with Gasteiger partial charge in [0.2, 0.25) is 5.91 Å². The number of benzene rings is 1. The Morgan fingerprint density at radius 3 is 2.66 bits per heavy atom. The van der Waals surface area contributed by atoms with Gasteiger partial charge in [0.15, 0.2) is 0 Å². The molecule has 1 aliphatic rings. The minimum Gasteiger partial charge on any atom is -0.379 e. The summed E-state index contributed by atoms with van der Waals surface area (Å²) in [5.74, 6) is -0.191. The Hall–Kier alpha value is -1.77. The molecule has 1 aromatic rings. The Balaban J connectivity index is 1.96. The number of nitrogens with one attached hydrogen (secondary N) is 1. The van der Waals surface area contributed by atoms with Gasteiger partial charge in [0.05, 0.1) is 24.7 Å². The second-order valence-electron chi connectivity index (χ2n) is 7.18. The predicted octanol–water partition coefficient (Wildman–Crippen LogP) is 3.01. The molecule has 0 atom stereocenters. The van der Waals surface area contributed by atoms with E-state index in [1.807, 2.05) is 29.2 Å². The van der Waals surface area contributed by atoms with Crippen molar-refractivity contribution in [2.45, 2.75) is 37.5 Å². The van der Waals surface area contributed by atoms with E-state index in [-0.39, 0.29) is 17.7 Å². The van der Waals surface area contributed by atoms with Gasteiger partial charge in [-0.25, -0.2) is 4.79 Å². The first-order chi connectivity index (χ1) is 14.1. The van der Waals surface area contributed by atoms with Crippen LogP contribution in [0.15, 0.2) is 29.2 Å². The summed E-state index contributed by atoms with van der Waals surface area (Å²) in [6.45, 7) is 7.81. The zero-order valence-electron chi connectivity index (χ0n) is 17.4. The van der Waals surface area contributed by atoms with Crippen molar-refractivity contribution in [2.24, 2.45) is 5.73 Å². The molecule has 0 aliphatic carbocycles. The number of hydrogen-bond donors (Lipinski definition) is 2. The molecule has 162 valence electrons. The molecule has 1 fully saturated rings. The van der Waals surface area contributed by atoms with E-state index >= 15 is 0 Å². The van der Waals surface area contributed by atoms with Crippen molar-refractivity contribution in [3.63, 3.8) is 0 Å². The van der Waals surface area contributed by atoms with E-state index in [0.717, 1.165) is 57.1 Å². The van der Waals surface area contributed by atoms with Crippen LogP contribution in [0.5, 0.6) is 0 Å². The normalized spacial score (nSPS) is 14.5. The Labute approximate surface area is 178 Å². The van der Waals surface area contributed by atoms with Crippen LogP contribution in [0.4, 0.5) is 10.5 Å². The van der Waals surface area contributed by atoms with Gasteiger partial charge in [0.25, 0.3) is 0 Å². The molecule has 29 heavy (non-hydrogen) atoms. The molecule has 0 saturated carbocycles. The fourth-order valence-electron chi connectivity index (χ4n) is 3.17. The van der Waals surface area contributed by atoms with Gasteiger partial charge in [-0.15, -0.1) is 11.8 Å². The van der Waals surface area contributed by atoms with Crippen molar-refractivity contribution in [1.82, 2.24) is 9.80 Å². The summed E-state index contributed by atoms with van der Waals surface area (Å²) in [5, 5.41) is 3.03. The van der Waals surface area contributed by atoms with Gasteiger partial charge in [0, 0.05) is 37.6 Å². The highest BCUT2D eigenvalue weighted by atomic mass is 32.2. The van der Waals surface area contributed by atoms with Gasteiger partial charge < -0.3 is 20.7 Å². The highest BCUT2D eigenvalue weighted by molar-refractivity contribution is 8.00. The maximum atomic E-state index is 13.0. The van der Waals surface area contributed by atoms with Gasteiger partial charge in [-0.05, 0) is 18.6 Å². The monoisotopic (exact) mass is 422 g/mol. The number of carbonyl (C=O) groups is 2. The molecule has 2 rings (SSSR count). The van der Waals surface area contributed by atoms with Gasteiger partial charge in [-0.3, -0.25) is 9.69 Å². The molecule has 0 aromatic heterocycles. The van der Waals surface area contributed by atoms with Gasteiger partial charge in [0.1, 0.15) is 0 Å². The first-order valence-electron chi connectivity index (χ1n) is 10.5. The molecule has 7 nitrogen and oxygen atoms in total. The molecule has 1 aliphatic heterocycles. The molecule has 8 heteroatoms. The number of amides is 3. The third kappa shape index (κ3) is 9.06. The van der Waals surface area contributed by atoms with Crippen molar-refractivity contribution >= 4 is 29.4 Å². The lowest BCUT2D eigenvalue weighted by atomic mass is 10.2. The van der Waals surface area contributed by atoms with Crippen LogP contribution in [-0.4, -0.2) is 73.4 Å². The first-order valence-corrected chi connectivity index (χ1v) is 11.4. The maximum absolute atomic E-state index is 13.0. The highest BCUT2D eigenvalue weighted by Crippen LogP contribution is 2.27. The van der Waals surface area contributed by atoms with E-state index in [2.05, 4.69) is 17.1 Å². The van der Waals surface area contributed by atoms with E-state index in [0.29, 0.717) is 12.2 Å². The topological polar surface area (TPSA) is 87.9 Å². The van der Waals surface area contributed by atoms with Gasteiger partial charge >= 0.3 is 6.03 Å². The lowest BCUT2D eigenvalue weighted by Gasteiger charge is -2.30. The summed E-state index contributed by atoms with van der Waals surface area (Å²) in [5.41, 5.74) is 5.98. The number of ether oxygens (including phenoxy) is 1. The van der Waals surface area contributed by atoms with E-state index in [1.165, 1.54) is 24.6 Å². The minimum atomic E-state index is -0.376. The van der Waals surface area contributed by atoms with E-state index in [9.17, 15) is 9.59 Å². The third-order valence-electron chi connectivity index (χ3n) is 4.86. The number of anilines is 1. The molecule has 3 amide bonds.